The number of esters is 1. The molecule has 0 saturated heterocycles. The number of halogens is 1. The van der Waals surface area contributed by atoms with Crippen LogP contribution < -0.4 is 5.32 Å². The van der Waals surface area contributed by atoms with E-state index in [4.69, 9.17) is 4.74 Å². The van der Waals surface area contributed by atoms with Gasteiger partial charge in [0.2, 0.25) is 5.91 Å². The normalized spacial score (nSPS) is 21.2. The first-order valence-corrected chi connectivity index (χ1v) is 5.85. The summed E-state index contributed by atoms with van der Waals surface area (Å²) in [4.78, 5) is 23.1. The van der Waals surface area contributed by atoms with E-state index in [0.29, 0.717) is 13.0 Å². The molecule has 0 aromatic heterocycles. The summed E-state index contributed by atoms with van der Waals surface area (Å²) in [5.41, 5.74) is 0.136. The lowest BCUT2D eigenvalue weighted by molar-refractivity contribution is -0.145. The lowest BCUT2D eigenvalue weighted by Gasteiger charge is -2.05. The van der Waals surface area contributed by atoms with Gasteiger partial charge in [-0.2, -0.15) is 0 Å². The maximum Gasteiger partial charge on any atom is 0.309 e. The summed E-state index contributed by atoms with van der Waals surface area (Å²) in [7, 11) is 0. The maximum atomic E-state index is 13.3. The molecular weight excluding hydrogens is 237 g/mol. The van der Waals surface area contributed by atoms with Crippen LogP contribution in [0.15, 0.2) is 24.3 Å². The zero-order chi connectivity index (χ0) is 13.1. The van der Waals surface area contributed by atoms with E-state index in [-0.39, 0.29) is 23.5 Å². The fourth-order valence-corrected chi connectivity index (χ4v) is 1.78. The number of carbonyl (C=O) groups is 2. The molecule has 1 aliphatic carbocycles. The molecule has 0 unspecified atom stereocenters. The van der Waals surface area contributed by atoms with Gasteiger partial charge in [0.05, 0.1) is 24.1 Å². The third kappa shape index (κ3) is 2.67. The van der Waals surface area contributed by atoms with Crippen LogP contribution in [-0.4, -0.2) is 18.5 Å². The molecule has 2 atom stereocenters. The standard InChI is InChI=1S/C13H14FNO3/c1-2-18-13(17)9-7-8(9)12(16)15-11-6-4-3-5-10(11)14/h3-6,8-9H,2,7H2,1H3,(H,15,16)/t8-,9-/m0/s1. The number of anilines is 1. The number of nitrogens with one attached hydrogen (secondary N) is 1. The Morgan fingerprint density at radius 1 is 1.39 bits per heavy atom. The van der Waals surface area contributed by atoms with Gasteiger partial charge < -0.3 is 10.1 Å². The average Bonchev–Trinajstić information content (AvgIpc) is 3.12. The van der Waals surface area contributed by atoms with Gasteiger partial charge in [-0.05, 0) is 25.5 Å². The number of rotatable bonds is 4. The molecule has 1 amide bonds. The Morgan fingerprint density at radius 3 is 2.78 bits per heavy atom. The summed E-state index contributed by atoms with van der Waals surface area (Å²) in [5.74, 6) is -1.95. The highest BCUT2D eigenvalue weighted by atomic mass is 19.1. The Kier molecular flexibility index (Phi) is 3.60. The molecule has 0 heterocycles. The molecule has 1 N–H and O–H groups in total. The van der Waals surface area contributed by atoms with Crippen molar-refractivity contribution in [3.8, 4) is 0 Å². The van der Waals surface area contributed by atoms with Crippen molar-refractivity contribution in [1.82, 2.24) is 0 Å². The van der Waals surface area contributed by atoms with Gasteiger partial charge in [0.25, 0.3) is 0 Å². The number of para-hydroxylation sites is 1. The van der Waals surface area contributed by atoms with Gasteiger partial charge in [-0.25, -0.2) is 4.39 Å². The molecule has 1 saturated carbocycles. The fraction of sp³-hybridized carbons (Fsp3) is 0.385. The monoisotopic (exact) mass is 251 g/mol. The van der Waals surface area contributed by atoms with E-state index >= 15 is 0 Å². The maximum absolute atomic E-state index is 13.3. The summed E-state index contributed by atoms with van der Waals surface area (Å²) in [6.07, 6.45) is 0.471. The third-order valence-electron chi connectivity index (χ3n) is 2.85. The van der Waals surface area contributed by atoms with Crippen molar-refractivity contribution in [2.24, 2.45) is 11.8 Å². The van der Waals surface area contributed by atoms with Crippen molar-refractivity contribution < 1.29 is 18.7 Å². The lowest BCUT2D eigenvalue weighted by Crippen LogP contribution is -2.18. The minimum atomic E-state index is -0.487. The van der Waals surface area contributed by atoms with Gasteiger partial charge in [0.15, 0.2) is 0 Å². The average molecular weight is 251 g/mol. The molecule has 1 aliphatic rings. The molecule has 96 valence electrons. The number of benzene rings is 1. The highest BCUT2D eigenvalue weighted by Gasteiger charge is 2.49. The predicted molar refractivity (Wildman–Crippen MR) is 63.3 cm³/mol. The molecule has 0 aliphatic heterocycles. The van der Waals surface area contributed by atoms with Crippen molar-refractivity contribution in [2.45, 2.75) is 13.3 Å². The van der Waals surface area contributed by atoms with Crippen LogP contribution in [0.2, 0.25) is 0 Å². The van der Waals surface area contributed by atoms with Crippen molar-refractivity contribution in [1.29, 1.82) is 0 Å². The lowest BCUT2D eigenvalue weighted by atomic mass is 10.2. The van der Waals surface area contributed by atoms with Crippen LogP contribution in [-0.2, 0) is 14.3 Å². The number of carbonyl (C=O) groups excluding carboxylic acids is 2. The van der Waals surface area contributed by atoms with E-state index in [0.717, 1.165) is 0 Å². The van der Waals surface area contributed by atoms with Gasteiger partial charge in [-0.1, -0.05) is 12.1 Å². The van der Waals surface area contributed by atoms with Crippen molar-refractivity contribution in [3.05, 3.63) is 30.1 Å². The Hall–Kier alpha value is -1.91. The second kappa shape index (κ2) is 5.16. The zero-order valence-electron chi connectivity index (χ0n) is 9.98. The smallest absolute Gasteiger partial charge is 0.309 e. The Balaban J connectivity index is 1.91. The summed E-state index contributed by atoms with van der Waals surface area (Å²) >= 11 is 0. The topological polar surface area (TPSA) is 55.4 Å². The van der Waals surface area contributed by atoms with Crippen molar-refractivity contribution >= 4 is 17.6 Å². The van der Waals surface area contributed by atoms with Gasteiger partial charge in [-0.3, -0.25) is 9.59 Å². The van der Waals surface area contributed by atoms with Crippen molar-refractivity contribution in [2.75, 3.05) is 11.9 Å². The Morgan fingerprint density at radius 2 is 2.11 bits per heavy atom. The first kappa shape index (κ1) is 12.5. The van der Waals surface area contributed by atoms with E-state index in [9.17, 15) is 14.0 Å². The fourth-order valence-electron chi connectivity index (χ4n) is 1.78. The van der Waals surface area contributed by atoms with E-state index in [1.807, 2.05) is 0 Å². The van der Waals surface area contributed by atoms with Crippen LogP contribution in [0.3, 0.4) is 0 Å². The van der Waals surface area contributed by atoms with E-state index in [1.54, 1.807) is 19.1 Å². The number of amides is 1. The quantitative estimate of drug-likeness (QED) is 0.832. The third-order valence-corrected chi connectivity index (χ3v) is 2.85. The predicted octanol–water partition coefficient (Wildman–Crippen LogP) is 1.96. The van der Waals surface area contributed by atoms with Crippen LogP contribution in [0.1, 0.15) is 13.3 Å². The molecule has 2 rings (SSSR count). The van der Waals surface area contributed by atoms with Gasteiger partial charge >= 0.3 is 5.97 Å². The van der Waals surface area contributed by atoms with Crippen LogP contribution in [0, 0.1) is 17.7 Å². The Labute approximate surface area is 104 Å². The molecule has 1 fully saturated rings. The van der Waals surface area contributed by atoms with Crippen LogP contribution in [0.25, 0.3) is 0 Å². The number of hydrogen-bond donors (Lipinski definition) is 1. The van der Waals surface area contributed by atoms with Crippen LogP contribution >= 0.6 is 0 Å². The van der Waals surface area contributed by atoms with Gasteiger partial charge in [0, 0.05) is 0 Å². The highest BCUT2D eigenvalue weighted by molar-refractivity contribution is 5.98. The summed E-state index contributed by atoms with van der Waals surface area (Å²) < 4.78 is 18.1. The van der Waals surface area contributed by atoms with E-state index in [1.165, 1.54) is 12.1 Å². The highest BCUT2D eigenvalue weighted by Crippen LogP contribution is 2.40. The van der Waals surface area contributed by atoms with Crippen LogP contribution in [0.4, 0.5) is 10.1 Å². The second-order valence-electron chi connectivity index (χ2n) is 4.17. The van der Waals surface area contributed by atoms with Gasteiger partial charge in [-0.15, -0.1) is 0 Å². The molecule has 4 nitrogen and oxygen atoms in total. The van der Waals surface area contributed by atoms with Crippen molar-refractivity contribution in [3.63, 3.8) is 0 Å². The minimum Gasteiger partial charge on any atom is -0.466 e. The summed E-state index contributed by atoms with van der Waals surface area (Å²) in [6, 6.07) is 5.93. The summed E-state index contributed by atoms with van der Waals surface area (Å²) in [6.45, 7) is 2.02. The van der Waals surface area contributed by atoms with Gasteiger partial charge in [0.1, 0.15) is 5.82 Å². The minimum absolute atomic E-state index is 0.136. The largest absolute Gasteiger partial charge is 0.466 e. The molecule has 0 bridgehead atoms. The second-order valence-corrected chi connectivity index (χ2v) is 4.17. The molecule has 0 spiro atoms. The molecule has 1 aromatic carbocycles. The SMILES string of the molecule is CCOC(=O)[C@H]1C[C@@H]1C(=O)Nc1ccccc1F. The number of hydrogen-bond acceptors (Lipinski definition) is 3. The Bertz CT molecular complexity index is 475. The van der Waals surface area contributed by atoms with Crippen LogP contribution in [0.5, 0.6) is 0 Å². The molecule has 1 aromatic rings. The molecular formula is C13H14FNO3. The van der Waals surface area contributed by atoms with E-state index < -0.39 is 11.7 Å². The number of ether oxygens (including phenoxy) is 1. The molecule has 5 heteroatoms. The molecule has 0 radical (unpaired) electrons. The zero-order valence-corrected chi connectivity index (χ0v) is 9.98. The summed E-state index contributed by atoms with van der Waals surface area (Å²) in [5, 5.41) is 2.48. The first-order valence-electron chi connectivity index (χ1n) is 5.85. The van der Waals surface area contributed by atoms with E-state index in [2.05, 4.69) is 5.32 Å². The first-order chi connectivity index (χ1) is 8.63. The molecule has 18 heavy (non-hydrogen) atoms.